The van der Waals surface area contributed by atoms with E-state index in [9.17, 15) is 4.79 Å². The van der Waals surface area contributed by atoms with Crippen LogP contribution in [-0.2, 0) is 4.79 Å². The van der Waals surface area contributed by atoms with Gasteiger partial charge in [0.15, 0.2) is 11.5 Å². The number of methoxy groups -OCH3 is 2. The molecule has 0 heterocycles. The molecule has 5 heteroatoms. The zero-order valence-electron chi connectivity index (χ0n) is 16.2. The van der Waals surface area contributed by atoms with Crippen LogP contribution in [0.2, 0.25) is 0 Å². The van der Waals surface area contributed by atoms with Crippen molar-refractivity contribution in [2.24, 2.45) is 0 Å². The van der Waals surface area contributed by atoms with Crippen LogP contribution >= 0.6 is 0 Å². The van der Waals surface area contributed by atoms with Crippen LogP contribution in [-0.4, -0.2) is 26.7 Å². The molecule has 0 bridgehead atoms. The number of hydrogen-bond donors (Lipinski definition) is 1. The number of anilines is 1. The molecule has 27 heavy (non-hydrogen) atoms. The van der Waals surface area contributed by atoms with Gasteiger partial charge in [0.05, 0.1) is 20.8 Å². The maximum Gasteiger partial charge on any atom is 0.248 e. The Balaban J connectivity index is 1.95. The molecule has 0 unspecified atom stereocenters. The molecule has 2 rings (SSSR count). The van der Waals surface area contributed by atoms with Crippen molar-refractivity contribution in [3.8, 4) is 17.2 Å². The van der Waals surface area contributed by atoms with Crippen molar-refractivity contribution in [2.45, 2.75) is 26.2 Å². The Morgan fingerprint density at radius 2 is 1.78 bits per heavy atom. The number of ether oxygens (including phenoxy) is 3. The number of hydrogen-bond acceptors (Lipinski definition) is 4. The molecule has 0 aliphatic carbocycles. The lowest BCUT2D eigenvalue weighted by atomic mass is 10.2. The summed E-state index contributed by atoms with van der Waals surface area (Å²) in [5.41, 5.74) is 1.57. The predicted octanol–water partition coefficient (Wildman–Crippen LogP) is 4.92. The van der Waals surface area contributed by atoms with Gasteiger partial charge in [-0.2, -0.15) is 0 Å². The van der Waals surface area contributed by atoms with Crippen molar-refractivity contribution in [1.29, 1.82) is 0 Å². The summed E-state index contributed by atoms with van der Waals surface area (Å²) in [6, 6.07) is 12.8. The van der Waals surface area contributed by atoms with E-state index in [0.29, 0.717) is 23.8 Å². The maximum absolute atomic E-state index is 12.1. The Labute approximate surface area is 161 Å². The molecular weight excluding hydrogens is 342 g/mol. The summed E-state index contributed by atoms with van der Waals surface area (Å²) >= 11 is 0. The van der Waals surface area contributed by atoms with E-state index < -0.39 is 0 Å². The number of amides is 1. The average Bonchev–Trinajstić information content (AvgIpc) is 2.70. The van der Waals surface area contributed by atoms with Crippen LogP contribution in [0.15, 0.2) is 48.5 Å². The number of unbranched alkanes of at least 4 members (excludes halogenated alkanes) is 2. The van der Waals surface area contributed by atoms with Crippen molar-refractivity contribution < 1.29 is 19.0 Å². The van der Waals surface area contributed by atoms with E-state index in [1.165, 1.54) is 6.08 Å². The van der Waals surface area contributed by atoms with E-state index >= 15 is 0 Å². The van der Waals surface area contributed by atoms with Crippen molar-refractivity contribution in [1.82, 2.24) is 0 Å². The average molecular weight is 369 g/mol. The Hall–Kier alpha value is -2.95. The molecule has 0 fully saturated rings. The number of carbonyl (C=O) groups excluding carboxylic acids is 1. The standard InChI is InChI=1S/C22H27NO4/c1-4-5-6-15-27-20-13-7-17(16-21(20)26-3)8-14-22(24)23-18-9-11-19(25-2)12-10-18/h7-14,16H,4-6,15H2,1-3H3,(H,23,24). The van der Waals surface area contributed by atoms with E-state index in [4.69, 9.17) is 14.2 Å². The second-order valence-electron chi connectivity index (χ2n) is 6.02. The molecule has 1 N–H and O–H groups in total. The summed E-state index contributed by atoms with van der Waals surface area (Å²) in [4.78, 5) is 12.1. The normalized spacial score (nSPS) is 10.6. The van der Waals surface area contributed by atoms with Gasteiger partial charge < -0.3 is 19.5 Å². The SMILES string of the molecule is CCCCCOc1ccc(C=CC(=O)Nc2ccc(OC)cc2)cc1OC. The lowest BCUT2D eigenvalue weighted by Crippen LogP contribution is -2.07. The first-order chi connectivity index (χ1) is 13.2. The molecular formula is C22H27NO4. The van der Waals surface area contributed by atoms with Crippen LogP contribution < -0.4 is 19.5 Å². The molecule has 0 radical (unpaired) electrons. The van der Waals surface area contributed by atoms with Gasteiger partial charge in [0, 0.05) is 11.8 Å². The highest BCUT2D eigenvalue weighted by Crippen LogP contribution is 2.28. The monoisotopic (exact) mass is 369 g/mol. The van der Waals surface area contributed by atoms with Gasteiger partial charge in [0.25, 0.3) is 0 Å². The number of rotatable bonds is 10. The van der Waals surface area contributed by atoms with Gasteiger partial charge in [-0.1, -0.05) is 25.8 Å². The molecule has 0 spiro atoms. The van der Waals surface area contributed by atoms with Gasteiger partial charge in [0.1, 0.15) is 5.75 Å². The Morgan fingerprint density at radius 3 is 2.44 bits per heavy atom. The van der Waals surface area contributed by atoms with Crippen molar-refractivity contribution in [3.05, 3.63) is 54.1 Å². The molecule has 2 aromatic carbocycles. The Kier molecular flexibility index (Phi) is 8.23. The lowest BCUT2D eigenvalue weighted by Gasteiger charge is -2.11. The van der Waals surface area contributed by atoms with E-state index in [0.717, 1.165) is 30.6 Å². The molecule has 0 saturated heterocycles. The summed E-state index contributed by atoms with van der Waals surface area (Å²) in [5, 5.41) is 2.81. The van der Waals surface area contributed by atoms with Crippen LogP contribution in [0.4, 0.5) is 5.69 Å². The highest BCUT2D eigenvalue weighted by molar-refractivity contribution is 6.01. The largest absolute Gasteiger partial charge is 0.497 e. The van der Waals surface area contributed by atoms with E-state index in [1.54, 1.807) is 44.6 Å². The third kappa shape index (κ3) is 6.70. The highest BCUT2D eigenvalue weighted by atomic mass is 16.5. The first-order valence-corrected chi connectivity index (χ1v) is 9.10. The fourth-order valence-electron chi connectivity index (χ4n) is 2.47. The molecule has 0 aromatic heterocycles. The molecule has 0 saturated carbocycles. The molecule has 5 nitrogen and oxygen atoms in total. The third-order valence-electron chi connectivity index (χ3n) is 3.98. The minimum atomic E-state index is -0.209. The molecule has 0 atom stereocenters. The number of benzene rings is 2. The van der Waals surface area contributed by atoms with Crippen molar-refractivity contribution in [3.63, 3.8) is 0 Å². The Morgan fingerprint density at radius 1 is 1.00 bits per heavy atom. The van der Waals surface area contributed by atoms with Crippen LogP contribution in [0.25, 0.3) is 6.08 Å². The molecule has 0 aliphatic rings. The smallest absolute Gasteiger partial charge is 0.248 e. The Bertz CT molecular complexity index is 753. The van der Waals surface area contributed by atoms with Crippen LogP contribution in [0.1, 0.15) is 31.7 Å². The summed E-state index contributed by atoms with van der Waals surface area (Å²) < 4.78 is 16.3. The molecule has 2 aromatic rings. The topological polar surface area (TPSA) is 56.8 Å². The highest BCUT2D eigenvalue weighted by Gasteiger charge is 2.05. The predicted molar refractivity (Wildman–Crippen MR) is 109 cm³/mol. The number of carbonyl (C=O) groups is 1. The van der Waals surface area contributed by atoms with Crippen LogP contribution in [0, 0.1) is 0 Å². The maximum atomic E-state index is 12.1. The van der Waals surface area contributed by atoms with Gasteiger partial charge in [-0.15, -0.1) is 0 Å². The van der Waals surface area contributed by atoms with Crippen LogP contribution in [0.5, 0.6) is 17.2 Å². The van der Waals surface area contributed by atoms with E-state index in [1.807, 2.05) is 18.2 Å². The third-order valence-corrected chi connectivity index (χ3v) is 3.98. The van der Waals surface area contributed by atoms with E-state index in [-0.39, 0.29) is 5.91 Å². The fourth-order valence-corrected chi connectivity index (χ4v) is 2.47. The summed E-state index contributed by atoms with van der Waals surface area (Å²) in [6.07, 6.45) is 6.55. The second kappa shape index (κ2) is 10.9. The fraction of sp³-hybridized carbons (Fsp3) is 0.318. The minimum Gasteiger partial charge on any atom is -0.497 e. The van der Waals surface area contributed by atoms with Gasteiger partial charge in [0.2, 0.25) is 5.91 Å². The van der Waals surface area contributed by atoms with E-state index in [2.05, 4.69) is 12.2 Å². The summed E-state index contributed by atoms with van der Waals surface area (Å²) in [7, 11) is 3.21. The molecule has 0 aliphatic heterocycles. The second-order valence-corrected chi connectivity index (χ2v) is 6.02. The van der Waals surface area contributed by atoms with Crippen molar-refractivity contribution >= 4 is 17.7 Å². The molecule has 144 valence electrons. The lowest BCUT2D eigenvalue weighted by molar-refractivity contribution is -0.111. The van der Waals surface area contributed by atoms with Gasteiger partial charge in [-0.3, -0.25) is 4.79 Å². The van der Waals surface area contributed by atoms with Gasteiger partial charge in [-0.05, 0) is 54.5 Å². The summed E-state index contributed by atoms with van der Waals surface area (Å²) in [5.74, 6) is 1.91. The number of nitrogens with one attached hydrogen (secondary N) is 1. The minimum absolute atomic E-state index is 0.209. The molecule has 1 amide bonds. The quantitative estimate of drug-likeness (QED) is 0.477. The first-order valence-electron chi connectivity index (χ1n) is 9.10. The van der Waals surface area contributed by atoms with Gasteiger partial charge in [-0.25, -0.2) is 0 Å². The first kappa shape index (κ1) is 20.4. The zero-order valence-corrected chi connectivity index (χ0v) is 16.2. The van der Waals surface area contributed by atoms with Crippen LogP contribution in [0.3, 0.4) is 0 Å². The van der Waals surface area contributed by atoms with Crippen molar-refractivity contribution in [2.75, 3.05) is 26.1 Å². The zero-order chi connectivity index (χ0) is 19.5. The van der Waals surface area contributed by atoms with Gasteiger partial charge >= 0.3 is 0 Å². The summed E-state index contributed by atoms with van der Waals surface area (Å²) in [6.45, 7) is 2.83.